The first-order valence-corrected chi connectivity index (χ1v) is 13.4. The van der Waals surface area contributed by atoms with Gasteiger partial charge in [-0.05, 0) is 55.5 Å². The Kier molecular flexibility index (Phi) is 9.17. The summed E-state index contributed by atoms with van der Waals surface area (Å²) in [5, 5.41) is 2.93. The number of rotatable bonds is 9. The smallest absolute Gasteiger partial charge is 0.253 e. The minimum absolute atomic E-state index is 0.0380. The zero-order chi connectivity index (χ0) is 26.2. The van der Waals surface area contributed by atoms with Crippen LogP contribution in [0.2, 0.25) is 0 Å². The second kappa shape index (κ2) is 12.7. The quantitative estimate of drug-likeness (QED) is 0.544. The summed E-state index contributed by atoms with van der Waals surface area (Å²) in [5.74, 6) is 0.216. The van der Waals surface area contributed by atoms with E-state index in [1.807, 2.05) is 66.4 Å². The Bertz CT molecular complexity index is 1050. The molecule has 3 N–H and O–H groups in total. The maximum Gasteiger partial charge on any atom is 0.253 e. The fraction of sp³-hybridized carbons (Fsp3) is 0.483. The maximum absolute atomic E-state index is 13.3. The highest BCUT2D eigenvalue weighted by Crippen LogP contribution is 2.32. The van der Waals surface area contributed by atoms with E-state index < -0.39 is 11.9 Å². The second-order valence-electron chi connectivity index (χ2n) is 9.96. The molecule has 0 radical (unpaired) electrons. The van der Waals surface area contributed by atoms with Gasteiger partial charge in [-0.2, -0.15) is 0 Å². The number of carbonyl (C=O) groups is 3. The van der Waals surface area contributed by atoms with Gasteiger partial charge in [-0.15, -0.1) is 0 Å². The van der Waals surface area contributed by atoms with E-state index in [-0.39, 0.29) is 23.7 Å². The van der Waals surface area contributed by atoms with Gasteiger partial charge in [-0.1, -0.05) is 43.2 Å². The molecule has 4 rings (SSSR count). The Morgan fingerprint density at radius 1 is 0.973 bits per heavy atom. The van der Waals surface area contributed by atoms with Crippen LogP contribution in [-0.4, -0.2) is 66.9 Å². The molecular weight excluding hydrogens is 468 g/mol. The number of nitrogens with zero attached hydrogens (tertiary/aromatic N) is 2. The van der Waals surface area contributed by atoms with Crippen LogP contribution in [0.15, 0.2) is 54.6 Å². The Labute approximate surface area is 219 Å². The van der Waals surface area contributed by atoms with E-state index in [0.29, 0.717) is 30.8 Å². The van der Waals surface area contributed by atoms with Crippen LogP contribution in [0.4, 0.5) is 0 Å². The van der Waals surface area contributed by atoms with E-state index in [0.717, 1.165) is 51.1 Å². The van der Waals surface area contributed by atoms with Gasteiger partial charge in [0.15, 0.2) is 0 Å². The van der Waals surface area contributed by atoms with Gasteiger partial charge in [0, 0.05) is 44.2 Å². The minimum Gasteiger partial charge on any atom is -0.494 e. The fourth-order valence-corrected chi connectivity index (χ4v) is 5.49. The predicted octanol–water partition coefficient (Wildman–Crippen LogP) is 2.99. The summed E-state index contributed by atoms with van der Waals surface area (Å²) in [6.07, 6.45) is 3.90. The van der Waals surface area contributed by atoms with Gasteiger partial charge < -0.3 is 20.7 Å². The molecule has 198 valence electrons. The minimum atomic E-state index is -0.826. The van der Waals surface area contributed by atoms with E-state index in [1.54, 1.807) is 0 Å². The molecule has 3 atom stereocenters. The molecule has 0 aromatic heterocycles. The maximum atomic E-state index is 13.3. The molecule has 2 aliphatic rings. The van der Waals surface area contributed by atoms with Crippen molar-refractivity contribution in [2.24, 2.45) is 17.6 Å². The van der Waals surface area contributed by atoms with Crippen LogP contribution < -0.4 is 15.8 Å². The van der Waals surface area contributed by atoms with Crippen LogP contribution in [0.25, 0.3) is 0 Å². The van der Waals surface area contributed by atoms with Crippen LogP contribution in [-0.2, 0) is 9.59 Å². The van der Waals surface area contributed by atoms with Crippen molar-refractivity contribution < 1.29 is 19.1 Å². The first-order chi connectivity index (χ1) is 18.0. The third kappa shape index (κ3) is 6.89. The van der Waals surface area contributed by atoms with Crippen molar-refractivity contribution in [2.45, 2.75) is 38.6 Å². The van der Waals surface area contributed by atoms with Gasteiger partial charge in [0.1, 0.15) is 11.8 Å². The van der Waals surface area contributed by atoms with Crippen LogP contribution >= 0.6 is 0 Å². The average molecular weight is 507 g/mol. The number of amides is 3. The zero-order valence-corrected chi connectivity index (χ0v) is 21.6. The number of primary amides is 1. The van der Waals surface area contributed by atoms with E-state index >= 15 is 0 Å². The Balaban J connectivity index is 1.32. The molecular formula is C29H38N4O4. The summed E-state index contributed by atoms with van der Waals surface area (Å²) in [7, 11) is 0. The molecule has 2 aromatic rings. The van der Waals surface area contributed by atoms with E-state index in [9.17, 15) is 14.4 Å². The molecule has 1 aliphatic carbocycles. The highest BCUT2D eigenvalue weighted by molar-refractivity contribution is 5.94. The van der Waals surface area contributed by atoms with Crippen LogP contribution in [0.3, 0.4) is 0 Å². The topological polar surface area (TPSA) is 105 Å². The molecule has 1 saturated carbocycles. The largest absolute Gasteiger partial charge is 0.494 e. The fourth-order valence-electron chi connectivity index (χ4n) is 5.49. The molecule has 0 bridgehead atoms. The molecule has 0 unspecified atom stereocenters. The number of benzene rings is 2. The van der Waals surface area contributed by atoms with Crippen LogP contribution in [0.1, 0.15) is 54.6 Å². The number of carbonyl (C=O) groups excluding carboxylic acids is 3. The van der Waals surface area contributed by atoms with Crippen molar-refractivity contribution >= 4 is 17.7 Å². The lowest BCUT2D eigenvalue weighted by atomic mass is 9.78. The summed E-state index contributed by atoms with van der Waals surface area (Å²) in [4.78, 5) is 42.6. The molecule has 8 heteroatoms. The first kappa shape index (κ1) is 26.7. The third-order valence-corrected chi connectivity index (χ3v) is 7.51. The first-order valence-electron chi connectivity index (χ1n) is 13.4. The molecule has 1 aliphatic heterocycles. The van der Waals surface area contributed by atoms with Gasteiger partial charge in [-0.3, -0.25) is 19.3 Å². The van der Waals surface area contributed by atoms with Crippen molar-refractivity contribution in [1.82, 2.24) is 15.1 Å². The number of nitrogens with one attached hydrogen (secondary N) is 1. The molecule has 1 saturated heterocycles. The monoisotopic (exact) mass is 506 g/mol. The summed E-state index contributed by atoms with van der Waals surface area (Å²) >= 11 is 0. The Hall–Kier alpha value is -3.39. The number of hydrogen-bond acceptors (Lipinski definition) is 5. The summed E-state index contributed by atoms with van der Waals surface area (Å²) < 4.78 is 5.47. The van der Waals surface area contributed by atoms with Crippen molar-refractivity contribution in [2.75, 3.05) is 39.3 Å². The zero-order valence-electron chi connectivity index (χ0n) is 21.6. The van der Waals surface area contributed by atoms with Crippen molar-refractivity contribution in [1.29, 1.82) is 0 Å². The molecule has 37 heavy (non-hydrogen) atoms. The number of piperazine rings is 1. The summed E-state index contributed by atoms with van der Waals surface area (Å²) in [6, 6.07) is 15.6. The summed E-state index contributed by atoms with van der Waals surface area (Å²) in [6.45, 7) is 6.22. The lowest BCUT2D eigenvalue weighted by molar-refractivity contribution is -0.132. The standard InChI is InChI=1S/C29H38N4O4/c1-2-37-24-14-12-22(13-15-24)29(36)33-18-16-32(17-19-33)20-23-10-6-7-11-25(23)28(35)31-26(27(30)34)21-8-4-3-5-9-21/h3-5,8-9,12-15,23,25-26H,2,6-7,10-11,16-20H2,1H3,(H2,30,34)(H,31,35)/t23-,25+,26-/m0/s1. The Morgan fingerprint density at radius 3 is 2.30 bits per heavy atom. The molecule has 2 fully saturated rings. The average Bonchev–Trinajstić information content (AvgIpc) is 2.93. The second-order valence-corrected chi connectivity index (χ2v) is 9.96. The third-order valence-electron chi connectivity index (χ3n) is 7.51. The van der Waals surface area contributed by atoms with Crippen molar-refractivity contribution in [3.05, 3.63) is 65.7 Å². The lowest BCUT2D eigenvalue weighted by Gasteiger charge is -2.39. The number of nitrogens with two attached hydrogens (primary N) is 1. The van der Waals surface area contributed by atoms with Gasteiger partial charge in [0.2, 0.25) is 11.8 Å². The van der Waals surface area contributed by atoms with Gasteiger partial charge in [-0.25, -0.2) is 0 Å². The van der Waals surface area contributed by atoms with E-state index in [1.165, 1.54) is 0 Å². The number of ether oxygens (including phenoxy) is 1. The molecule has 1 heterocycles. The molecule has 0 spiro atoms. The van der Waals surface area contributed by atoms with E-state index in [2.05, 4.69) is 10.2 Å². The normalized spacial score (nSPS) is 21.2. The SMILES string of the molecule is CCOc1ccc(C(=O)N2CCN(C[C@@H]3CCCC[C@H]3C(=O)N[C@H](C(N)=O)c3ccccc3)CC2)cc1. The summed E-state index contributed by atoms with van der Waals surface area (Å²) in [5.41, 5.74) is 7.00. The highest BCUT2D eigenvalue weighted by atomic mass is 16.5. The van der Waals surface area contributed by atoms with Crippen LogP contribution in [0, 0.1) is 11.8 Å². The predicted molar refractivity (Wildman–Crippen MR) is 142 cm³/mol. The van der Waals surface area contributed by atoms with Crippen molar-refractivity contribution in [3.63, 3.8) is 0 Å². The van der Waals surface area contributed by atoms with Gasteiger partial charge in [0.05, 0.1) is 6.61 Å². The van der Waals surface area contributed by atoms with Crippen LogP contribution in [0.5, 0.6) is 5.75 Å². The van der Waals surface area contributed by atoms with Crippen molar-refractivity contribution in [3.8, 4) is 5.75 Å². The van der Waals surface area contributed by atoms with E-state index in [4.69, 9.17) is 10.5 Å². The van der Waals surface area contributed by atoms with Gasteiger partial charge in [0.25, 0.3) is 5.91 Å². The molecule has 3 amide bonds. The molecule has 2 aromatic carbocycles. The highest BCUT2D eigenvalue weighted by Gasteiger charge is 2.35. The Morgan fingerprint density at radius 2 is 1.65 bits per heavy atom. The number of hydrogen-bond donors (Lipinski definition) is 2. The van der Waals surface area contributed by atoms with Gasteiger partial charge >= 0.3 is 0 Å². The molecule has 8 nitrogen and oxygen atoms in total. The lowest BCUT2D eigenvalue weighted by Crippen LogP contribution is -2.51.